The van der Waals surface area contributed by atoms with Gasteiger partial charge in [-0.25, -0.2) is 0 Å². The van der Waals surface area contributed by atoms with Gasteiger partial charge in [-0.2, -0.15) is 15.4 Å². The predicted molar refractivity (Wildman–Crippen MR) is 59.5 cm³/mol. The van der Waals surface area contributed by atoms with Crippen LogP contribution in [0.15, 0.2) is 34.9 Å². The SMILES string of the molecule is Brc1ccc(C=Cc2cn[nH]n2)cc1. The third-order valence-electron chi connectivity index (χ3n) is 1.75. The first-order chi connectivity index (χ1) is 6.84. The number of aromatic nitrogens is 3. The molecule has 0 spiro atoms. The molecule has 3 nitrogen and oxygen atoms in total. The molecule has 0 unspecified atom stereocenters. The topological polar surface area (TPSA) is 41.6 Å². The Morgan fingerprint density at radius 1 is 1.14 bits per heavy atom. The Morgan fingerprint density at radius 2 is 1.93 bits per heavy atom. The fourth-order valence-corrected chi connectivity index (χ4v) is 1.31. The van der Waals surface area contributed by atoms with Gasteiger partial charge in [0, 0.05) is 4.47 Å². The summed E-state index contributed by atoms with van der Waals surface area (Å²) in [5.74, 6) is 0. The lowest BCUT2D eigenvalue weighted by molar-refractivity contribution is 0.937. The van der Waals surface area contributed by atoms with E-state index in [1.54, 1.807) is 6.20 Å². The van der Waals surface area contributed by atoms with Gasteiger partial charge in [-0.1, -0.05) is 34.1 Å². The van der Waals surface area contributed by atoms with E-state index in [4.69, 9.17) is 0 Å². The summed E-state index contributed by atoms with van der Waals surface area (Å²) in [6.07, 6.45) is 5.58. The van der Waals surface area contributed by atoms with Gasteiger partial charge in [0.1, 0.15) is 5.69 Å². The molecule has 0 saturated carbocycles. The maximum absolute atomic E-state index is 3.92. The van der Waals surface area contributed by atoms with Crippen molar-refractivity contribution in [2.24, 2.45) is 0 Å². The Hall–Kier alpha value is -1.42. The Balaban J connectivity index is 2.15. The van der Waals surface area contributed by atoms with E-state index in [0.717, 1.165) is 15.7 Å². The second-order valence-corrected chi connectivity index (χ2v) is 3.70. The maximum Gasteiger partial charge on any atom is 0.105 e. The highest BCUT2D eigenvalue weighted by atomic mass is 79.9. The van der Waals surface area contributed by atoms with Gasteiger partial charge in [-0.3, -0.25) is 0 Å². The molecule has 70 valence electrons. The molecule has 1 heterocycles. The summed E-state index contributed by atoms with van der Waals surface area (Å²) in [7, 11) is 0. The van der Waals surface area contributed by atoms with Crippen LogP contribution in [0.1, 0.15) is 11.3 Å². The number of rotatable bonds is 2. The fraction of sp³-hybridized carbons (Fsp3) is 0. The molecular weight excluding hydrogens is 242 g/mol. The third kappa shape index (κ3) is 2.29. The van der Waals surface area contributed by atoms with Crippen LogP contribution in [0.5, 0.6) is 0 Å². The van der Waals surface area contributed by atoms with Crippen molar-refractivity contribution in [2.75, 3.05) is 0 Å². The third-order valence-corrected chi connectivity index (χ3v) is 2.28. The molecule has 1 aromatic heterocycles. The minimum atomic E-state index is 0.827. The van der Waals surface area contributed by atoms with Gasteiger partial charge in [-0.05, 0) is 23.8 Å². The zero-order valence-corrected chi connectivity index (χ0v) is 8.90. The van der Waals surface area contributed by atoms with Crippen molar-refractivity contribution in [3.63, 3.8) is 0 Å². The molecule has 1 aromatic carbocycles. The molecule has 0 radical (unpaired) electrons. The van der Waals surface area contributed by atoms with E-state index in [2.05, 4.69) is 31.3 Å². The van der Waals surface area contributed by atoms with Gasteiger partial charge >= 0.3 is 0 Å². The van der Waals surface area contributed by atoms with Crippen molar-refractivity contribution in [3.8, 4) is 0 Å². The molecule has 0 fully saturated rings. The van der Waals surface area contributed by atoms with Crippen LogP contribution in [0.3, 0.4) is 0 Å². The lowest BCUT2D eigenvalue weighted by atomic mass is 10.2. The molecule has 14 heavy (non-hydrogen) atoms. The molecule has 0 atom stereocenters. The van der Waals surface area contributed by atoms with E-state index in [-0.39, 0.29) is 0 Å². The Labute approximate surface area is 90.0 Å². The fourth-order valence-electron chi connectivity index (χ4n) is 1.05. The number of nitrogens with zero attached hydrogens (tertiary/aromatic N) is 2. The lowest BCUT2D eigenvalue weighted by Crippen LogP contribution is -1.73. The predicted octanol–water partition coefficient (Wildman–Crippen LogP) is 2.74. The molecule has 4 heteroatoms. The zero-order valence-electron chi connectivity index (χ0n) is 7.31. The smallest absolute Gasteiger partial charge is 0.105 e. The zero-order chi connectivity index (χ0) is 9.80. The summed E-state index contributed by atoms with van der Waals surface area (Å²) in [5, 5.41) is 10.2. The summed E-state index contributed by atoms with van der Waals surface area (Å²) in [5.41, 5.74) is 1.96. The number of hydrogen-bond acceptors (Lipinski definition) is 2. The van der Waals surface area contributed by atoms with Crippen LogP contribution in [0.25, 0.3) is 12.2 Å². The normalized spacial score (nSPS) is 10.9. The molecule has 0 aliphatic rings. The van der Waals surface area contributed by atoms with E-state index in [0.29, 0.717) is 0 Å². The highest BCUT2D eigenvalue weighted by Crippen LogP contribution is 2.12. The van der Waals surface area contributed by atoms with Crippen LogP contribution in [-0.4, -0.2) is 15.4 Å². The standard InChI is InChI=1S/C10H8BrN3/c11-9-4-1-8(2-5-9)3-6-10-7-12-14-13-10/h1-7H,(H,12,13,14). The Morgan fingerprint density at radius 3 is 2.57 bits per heavy atom. The number of benzene rings is 1. The second kappa shape index (κ2) is 4.19. The molecule has 0 aliphatic carbocycles. The summed E-state index contributed by atoms with van der Waals surface area (Å²) in [6, 6.07) is 8.06. The van der Waals surface area contributed by atoms with E-state index >= 15 is 0 Å². The van der Waals surface area contributed by atoms with Crippen LogP contribution in [0.4, 0.5) is 0 Å². The molecule has 2 aromatic rings. The van der Waals surface area contributed by atoms with Crippen LogP contribution in [0, 0.1) is 0 Å². The van der Waals surface area contributed by atoms with Crippen LogP contribution in [0.2, 0.25) is 0 Å². The minimum Gasteiger partial charge on any atom is -0.197 e. The molecular formula is C10H8BrN3. The van der Waals surface area contributed by atoms with Crippen molar-refractivity contribution in [1.82, 2.24) is 15.4 Å². The molecule has 1 N–H and O–H groups in total. The average Bonchev–Trinajstić information content (AvgIpc) is 2.70. The van der Waals surface area contributed by atoms with Gasteiger partial charge in [0.15, 0.2) is 0 Å². The first-order valence-corrected chi connectivity index (χ1v) is 4.93. The molecule has 0 bridgehead atoms. The van der Waals surface area contributed by atoms with Gasteiger partial charge in [0.2, 0.25) is 0 Å². The minimum absolute atomic E-state index is 0.827. The molecule has 2 rings (SSSR count). The summed E-state index contributed by atoms with van der Waals surface area (Å²) < 4.78 is 1.08. The quantitative estimate of drug-likeness (QED) is 0.890. The maximum atomic E-state index is 3.92. The summed E-state index contributed by atoms with van der Waals surface area (Å²) in [6.45, 7) is 0. The number of hydrogen-bond donors (Lipinski definition) is 1. The first kappa shape index (κ1) is 9.15. The number of nitrogens with one attached hydrogen (secondary N) is 1. The number of H-pyrrole nitrogens is 1. The van der Waals surface area contributed by atoms with Crippen LogP contribution >= 0.6 is 15.9 Å². The molecule has 0 aliphatic heterocycles. The highest BCUT2D eigenvalue weighted by molar-refractivity contribution is 9.10. The van der Waals surface area contributed by atoms with E-state index in [9.17, 15) is 0 Å². The second-order valence-electron chi connectivity index (χ2n) is 2.78. The first-order valence-electron chi connectivity index (χ1n) is 4.14. The van der Waals surface area contributed by atoms with Gasteiger partial charge in [0.05, 0.1) is 6.20 Å². The number of halogens is 1. The van der Waals surface area contributed by atoms with Crippen LogP contribution < -0.4 is 0 Å². The summed E-state index contributed by atoms with van der Waals surface area (Å²) in [4.78, 5) is 0. The number of aromatic amines is 1. The van der Waals surface area contributed by atoms with Crippen molar-refractivity contribution in [2.45, 2.75) is 0 Å². The van der Waals surface area contributed by atoms with Crippen LogP contribution in [-0.2, 0) is 0 Å². The lowest BCUT2D eigenvalue weighted by Gasteiger charge is -1.92. The Bertz CT molecular complexity index is 417. The van der Waals surface area contributed by atoms with Crippen molar-refractivity contribution in [1.29, 1.82) is 0 Å². The van der Waals surface area contributed by atoms with Gasteiger partial charge < -0.3 is 0 Å². The summed E-state index contributed by atoms with van der Waals surface area (Å²) >= 11 is 3.38. The molecule has 0 saturated heterocycles. The van der Waals surface area contributed by atoms with Crippen molar-refractivity contribution >= 4 is 28.1 Å². The van der Waals surface area contributed by atoms with E-state index in [1.165, 1.54) is 0 Å². The largest absolute Gasteiger partial charge is 0.197 e. The van der Waals surface area contributed by atoms with Crippen molar-refractivity contribution < 1.29 is 0 Å². The monoisotopic (exact) mass is 249 g/mol. The molecule has 0 amide bonds. The Kier molecular flexibility index (Phi) is 2.74. The van der Waals surface area contributed by atoms with Gasteiger partial charge in [0.25, 0.3) is 0 Å². The van der Waals surface area contributed by atoms with E-state index < -0.39 is 0 Å². The van der Waals surface area contributed by atoms with E-state index in [1.807, 2.05) is 36.4 Å². The average molecular weight is 250 g/mol. The van der Waals surface area contributed by atoms with Crippen molar-refractivity contribution in [3.05, 3.63) is 46.2 Å². The highest BCUT2D eigenvalue weighted by Gasteiger charge is 1.89. The van der Waals surface area contributed by atoms with Gasteiger partial charge in [-0.15, -0.1) is 0 Å².